The van der Waals surface area contributed by atoms with Crippen LogP contribution in [0.3, 0.4) is 0 Å². The van der Waals surface area contributed by atoms with Crippen molar-refractivity contribution in [2.75, 3.05) is 13.1 Å². The number of amides is 1. The van der Waals surface area contributed by atoms with Gasteiger partial charge in [-0.15, -0.1) is 17.0 Å². The molecule has 2 aromatic rings. The van der Waals surface area contributed by atoms with Gasteiger partial charge in [-0.1, -0.05) is 33.3 Å². The van der Waals surface area contributed by atoms with Crippen molar-refractivity contribution >= 4 is 34.5 Å². The predicted molar refractivity (Wildman–Crippen MR) is 142 cm³/mol. The molecule has 188 valence electrons. The van der Waals surface area contributed by atoms with Crippen LogP contribution in [0.25, 0.3) is 0 Å². The molecule has 2 N–H and O–H groups in total. The molecule has 2 aliphatic heterocycles. The van der Waals surface area contributed by atoms with Crippen molar-refractivity contribution in [2.45, 2.75) is 71.9 Å². The standard InChI is InChI=1S/C27H34N4O3.BrH/c1-17-9-10-18-14-31(26(28)24(18)29-17)16-22(32)19-12-20(25(34)21(13-19)27(2,3)4)15-30-11-7-5-6-8-23(30)33;/h9-10,12-13,28,34H,5-8,11,14-16H2,1-4H3;1H. The van der Waals surface area contributed by atoms with Crippen molar-refractivity contribution in [3.8, 4) is 5.75 Å². The Kier molecular flexibility index (Phi) is 8.04. The van der Waals surface area contributed by atoms with E-state index in [4.69, 9.17) is 5.41 Å². The first kappa shape index (κ1) is 26.9. The zero-order valence-corrected chi connectivity index (χ0v) is 22.7. The molecule has 7 nitrogen and oxygen atoms in total. The summed E-state index contributed by atoms with van der Waals surface area (Å²) in [4.78, 5) is 34.0. The summed E-state index contributed by atoms with van der Waals surface area (Å²) in [5, 5.41) is 19.6. The second-order valence-corrected chi connectivity index (χ2v) is 10.5. The Morgan fingerprint density at radius 3 is 2.60 bits per heavy atom. The normalized spacial score (nSPS) is 16.1. The molecule has 8 heteroatoms. The number of carbonyl (C=O) groups excluding carboxylic acids is 2. The second-order valence-electron chi connectivity index (χ2n) is 10.5. The summed E-state index contributed by atoms with van der Waals surface area (Å²) < 4.78 is 0. The summed E-state index contributed by atoms with van der Waals surface area (Å²) in [5.74, 6) is 0.389. The van der Waals surface area contributed by atoms with Gasteiger partial charge in [-0.25, -0.2) is 4.98 Å². The minimum Gasteiger partial charge on any atom is -0.507 e. The maximum atomic E-state index is 13.4. The number of hydrogen-bond donors (Lipinski definition) is 2. The van der Waals surface area contributed by atoms with Crippen LogP contribution in [0.5, 0.6) is 5.75 Å². The maximum Gasteiger partial charge on any atom is 0.222 e. The van der Waals surface area contributed by atoms with Crippen LogP contribution < -0.4 is 0 Å². The number of likely N-dealkylation sites (tertiary alicyclic amines) is 1. The van der Waals surface area contributed by atoms with Gasteiger partial charge in [0, 0.05) is 54.0 Å². The molecular weight excluding hydrogens is 508 g/mol. The number of phenols is 1. The molecule has 4 rings (SSSR count). The third-order valence-corrected chi connectivity index (χ3v) is 6.71. The highest BCUT2D eigenvalue weighted by Crippen LogP contribution is 2.36. The molecule has 1 fully saturated rings. The number of fused-ring (bicyclic) bond motifs is 1. The summed E-state index contributed by atoms with van der Waals surface area (Å²) >= 11 is 0. The van der Waals surface area contributed by atoms with Crippen LogP contribution in [-0.4, -0.2) is 50.5 Å². The van der Waals surface area contributed by atoms with Gasteiger partial charge in [0.25, 0.3) is 0 Å². The van der Waals surface area contributed by atoms with Crippen LogP contribution in [-0.2, 0) is 23.3 Å². The van der Waals surface area contributed by atoms with E-state index in [1.165, 1.54) is 0 Å². The number of carbonyl (C=O) groups is 2. The number of rotatable bonds is 5. The van der Waals surface area contributed by atoms with Gasteiger partial charge in [-0.05, 0) is 43.4 Å². The van der Waals surface area contributed by atoms with Gasteiger partial charge >= 0.3 is 0 Å². The van der Waals surface area contributed by atoms with Gasteiger partial charge in [0.1, 0.15) is 17.3 Å². The maximum absolute atomic E-state index is 13.4. The molecule has 0 unspecified atom stereocenters. The van der Waals surface area contributed by atoms with Crippen molar-refractivity contribution in [3.05, 3.63) is 57.9 Å². The first-order valence-corrected chi connectivity index (χ1v) is 12.0. The molecule has 1 amide bonds. The largest absolute Gasteiger partial charge is 0.507 e. The average Bonchev–Trinajstić information content (AvgIpc) is 2.92. The summed E-state index contributed by atoms with van der Waals surface area (Å²) in [6.45, 7) is 9.38. The van der Waals surface area contributed by atoms with Crippen LogP contribution in [0, 0.1) is 12.3 Å². The van der Waals surface area contributed by atoms with E-state index in [0.29, 0.717) is 48.4 Å². The lowest BCUT2D eigenvalue weighted by Gasteiger charge is -2.26. The number of aryl methyl sites for hydroxylation is 1. The highest BCUT2D eigenvalue weighted by Gasteiger charge is 2.29. The molecule has 0 atom stereocenters. The van der Waals surface area contributed by atoms with E-state index in [0.717, 1.165) is 30.5 Å². The fourth-order valence-electron chi connectivity index (χ4n) is 4.71. The van der Waals surface area contributed by atoms with Gasteiger partial charge in [-0.3, -0.25) is 15.0 Å². The summed E-state index contributed by atoms with van der Waals surface area (Å²) in [5.41, 5.74) is 3.83. The second kappa shape index (κ2) is 10.5. The van der Waals surface area contributed by atoms with Gasteiger partial charge in [0.2, 0.25) is 5.91 Å². The average molecular weight is 544 g/mol. The van der Waals surface area contributed by atoms with Gasteiger partial charge in [0.05, 0.1) is 6.54 Å². The Labute approximate surface area is 217 Å². The number of ketones is 1. The van der Waals surface area contributed by atoms with Crippen molar-refractivity contribution in [1.82, 2.24) is 14.8 Å². The third kappa shape index (κ3) is 5.74. The lowest BCUT2D eigenvalue weighted by Crippen LogP contribution is -2.31. The van der Waals surface area contributed by atoms with Crippen LogP contribution >= 0.6 is 17.0 Å². The third-order valence-electron chi connectivity index (χ3n) is 6.71. The number of aromatic hydroxyl groups is 1. The first-order chi connectivity index (χ1) is 16.0. The molecule has 0 radical (unpaired) electrons. The minimum absolute atomic E-state index is 0. The first-order valence-electron chi connectivity index (χ1n) is 12.0. The Balaban J connectivity index is 0.00000342. The Hall–Kier alpha value is -2.74. The monoisotopic (exact) mass is 542 g/mol. The Morgan fingerprint density at radius 1 is 1.14 bits per heavy atom. The molecule has 0 spiro atoms. The van der Waals surface area contributed by atoms with E-state index in [2.05, 4.69) is 4.98 Å². The number of halogens is 1. The van der Waals surface area contributed by atoms with E-state index in [1.54, 1.807) is 21.9 Å². The van der Waals surface area contributed by atoms with E-state index in [1.807, 2.05) is 39.8 Å². The molecule has 1 saturated heterocycles. The highest BCUT2D eigenvalue weighted by molar-refractivity contribution is 8.93. The fraction of sp³-hybridized carbons (Fsp3) is 0.481. The lowest BCUT2D eigenvalue weighted by atomic mass is 9.83. The Morgan fingerprint density at radius 2 is 1.89 bits per heavy atom. The number of nitrogens with one attached hydrogen (secondary N) is 1. The minimum atomic E-state index is -0.379. The molecule has 35 heavy (non-hydrogen) atoms. The predicted octanol–water partition coefficient (Wildman–Crippen LogP) is 4.90. The van der Waals surface area contributed by atoms with E-state index >= 15 is 0 Å². The zero-order chi connectivity index (χ0) is 24.6. The SMILES string of the molecule is Br.Cc1ccc2c(n1)C(=N)N(CC(=O)c1cc(CN3CCCCCC3=O)c(O)c(C(C)(C)C)c1)C2. The smallest absolute Gasteiger partial charge is 0.222 e. The fourth-order valence-corrected chi connectivity index (χ4v) is 4.71. The van der Waals surface area contributed by atoms with Crippen molar-refractivity contribution in [3.63, 3.8) is 0 Å². The van der Waals surface area contributed by atoms with Crippen LogP contribution in [0.2, 0.25) is 0 Å². The number of hydrogen-bond acceptors (Lipinski definition) is 5. The number of aromatic nitrogens is 1. The number of benzene rings is 1. The van der Waals surface area contributed by atoms with E-state index in [-0.39, 0.29) is 52.2 Å². The topological polar surface area (TPSA) is 97.6 Å². The molecule has 0 saturated carbocycles. The number of phenolic OH excluding ortho intramolecular Hbond substituents is 1. The van der Waals surface area contributed by atoms with E-state index in [9.17, 15) is 14.7 Å². The molecule has 0 bridgehead atoms. The van der Waals surface area contributed by atoms with Gasteiger partial charge in [0.15, 0.2) is 5.78 Å². The molecule has 2 aliphatic rings. The molecule has 1 aromatic carbocycles. The molecule has 0 aliphatic carbocycles. The molecule has 1 aromatic heterocycles. The molecular formula is C27H35BrN4O3. The number of amidine groups is 1. The Bertz CT molecular complexity index is 1160. The van der Waals surface area contributed by atoms with Crippen LogP contribution in [0.4, 0.5) is 0 Å². The van der Waals surface area contributed by atoms with Gasteiger partial charge < -0.3 is 14.9 Å². The van der Waals surface area contributed by atoms with Crippen molar-refractivity contribution in [1.29, 1.82) is 5.41 Å². The molecule has 3 heterocycles. The van der Waals surface area contributed by atoms with E-state index < -0.39 is 0 Å². The zero-order valence-electron chi connectivity index (χ0n) is 21.0. The van der Waals surface area contributed by atoms with Crippen molar-refractivity contribution in [2.24, 2.45) is 0 Å². The van der Waals surface area contributed by atoms with Crippen LogP contribution in [0.15, 0.2) is 24.3 Å². The highest BCUT2D eigenvalue weighted by atomic mass is 79.9. The summed E-state index contributed by atoms with van der Waals surface area (Å²) in [6.07, 6.45) is 3.39. The van der Waals surface area contributed by atoms with Crippen molar-refractivity contribution < 1.29 is 14.7 Å². The number of pyridine rings is 1. The van der Waals surface area contributed by atoms with Crippen LogP contribution in [0.1, 0.15) is 84.9 Å². The summed E-state index contributed by atoms with van der Waals surface area (Å²) in [7, 11) is 0. The number of Topliss-reactive ketones (excluding diaryl/α,β-unsaturated/α-hetero) is 1. The van der Waals surface area contributed by atoms with Gasteiger partial charge in [-0.2, -0.15) is 0 Å². The quantitative estimate of drug-likeness (QED) is 0.523. The number of nitrogens with zero attached hydrogens (tertiary/aromatic N) is 3. The lowest BCUT2D eigenvalue weighted by molar-refractivity contribution is -0.131. The summed E-state index contributed by atoms with van der Waals surface area (Å²) in [6, 6.07) is 7.37.